The van der Waals surface area contributed by atoms with Crippen LogP contribution in [-0.2, 0) is 4.79 Å². The molecule has 0 radical (unpaired) electrons. The molecule has 2 aliphatic heterocycles. The van der Waals surface area contributed by atoms with Gasteiger partial charge in [0.25, 0.3) is 5.91 Å². The summed E-state index contributed by atoms with van der Waals surface area (Å²) in [6, 6.07) is 13.3. The number of hydrogen-bond acceptors (Lipinski definition) is 8. The first-order chi connectivity index (χ1) is 15.7. The van der Waals surface area contributed by atoms with E-state index in [2.05, 4.69) is 32.0 Å². The molecule has 0 N–H and O–H groups in total. The number of nitrogens with zero attached hydrogens (tertiary/aromatic N) is 6. The molecule has 2 aliphatic rings. The van der Waals surface area contributed by atoms with Gasteiger partial charge in [-0.2, -0.15) is 10.4 Å². The van der Waals surface area contributed by atoms with Crippen molar-refractivity contribution in [1.82, 2.24) is 14.9 Å². The minimum absolute atomic E-state index is 0.0111. The summed E-state index contributed by atoms with van der Waals surface area (Å²) in [6.45, 7) is 3.32. The second-order valence-electron chi connectivity index (χ2n) is 7.78. The molecule has 8 nitrogen and oxygen atoms in total. The fourth-order valence-electron chi connectivity index (χ4n) is 4.09. The van der Waals surface area contributed by atoms with E-state index in [1.807, 2.05) is 29.6 Å². The van der Waals surface area contributed by atoms with Crippen molar-refractivity contribution in [3.63, 3.8) is 0 Å². The van der Waals surface area contributed by atoms with Crippen molar-refractivity contribution in [3.05, 3.63) is 70.4 Å². The van der Waals surface area contributed by atoms with Gasteiger partial charge in [-0.3, -0.25) is 9.69 Å². The number of hydrazone groups is 1. The van der Waals surface area contributed by atoms with Gasteiger partial charge in [-0.15, -0.1) is 11.3 Å². The van der Waals surface area contributed by atoms with Gasteiger partial charge in [-0.05, 0) is 35.7 Å². The van der Waals surface area contributed by atoms with Gasteiger partial charge >= 0.3 is 0 Å². The van der Waals surface area contributed by atoms with Crippen molar-refractivity contribution >= 4 is 28.8 Å². The van der Waals surface area contributed by atoms with E-state index in [4.69, 9.17) is 9.68 Å². The van der Waals surface area contributed by atoms with Crippen LogP contribution in [0.1, 0.15) is 28.7 Å². The summed E-state index contributed by atoms with van der Waals surface area (Å²) in [4.78, 5) is 23.1. The fraction of sp³-hybridized carbons (Fsp3) is 0.304. The molecular weight excluding hydrogens is 424 g/mol. The molecule has 0 spiro atoms. The van der Waals surface area contributed by atoms with Crippen molar-refractivity contribution in [2.75, 3.05) is 37.6 Å². The summed E-state index contributed by atoms with van der Waals surface area (Å²) >= 11 is 1.64. The number of piperazine rings is 1. The van der Waals surface area contributed by atoms with Gasteiger partial charge in [0.05, 0.1) is 30.5 Å². The van der Waals surface area contributed by atoms with Crippen molar-refractivity contribution in [2.24, 2.45) is 5.10 Å². The van der Waals surface area contributed by atoms with Crippen molar-refractivity contribution in [3.8, 4) is 6.07 Å². The molecule has 0 bridgehead atoms. The van der Waals surface area contributed by atoms with Gasteiger partial charge in [0.1, 0.15) is 17.3 Å². The Labute approximate surface area is 190 Å². The van der Waals surface area contributed by atoms with E-state index in [9.17, 15) is 4.79 Å². The lowest BCUT2D eigenvalue weighted by Crippen LogP contribution is -2.49. The average Bonchev–Trinajstić information content (AvgIpc) is 3.60. The molecule has 1 saturated heterocycles. The number of carbonyl (C=O) groups excluding carboxylic acids is 1. The Morgan fingerprint density at radius 2 is 2.09 bits per heavy atom. The van der Waals surface area contributed by atoms with Crippen LogP contribution in [0.25, 0.3) is 0 Å². The number of anilines is 1. The van der Waals surface area contributed by atoms with Crippen LogP contribution in [0.4, 0.5) is 5.82 Å². The molecule has 3 aromatic rings. The van der Waals surface area contributed by atoms with Crippen LogP contribution in [0.5, 0.6) is 0 Å². The smallest absolute Gasteiger partial charge is 0.257 e. The Morgan fingerprint density at radius 1 is 1.22 bits per heavy atom. The monoisotopic (exact) mass is 446 g/mol. The van der Waals surface area contributed by atoms with Crippen LogP contribution in [-0.4, -0.2) is 59.2 Å². The summed E-state index contributed by atoms with van der Waals surface area (Å²) in [7, 11) is 0. The minimum Gasteiger partial charge on any atom is -0.463 e. The van der Waals surface area contributed by atoms with Gasteiger partial charge in [0.2, 0.25) is 0 Å². The van der Waals surface area contributed by atoms with Crippen LogP contribution < -0.4 is 4.90 Å². The maximum atomic E-state index is 13.3. The average molecular weight is 447 g/mol. The van der Waals surface area contributed by atoms with Crippen LogP contribution in [0, 0.1) is 11.3 Å². The number of carbonyl (C=O) groups is 1. The molecule has 3 aromatic heterocycles. The third kappa shape index (κ3) is 4.15. The topological polar surface area (TPSA) is 89.0 Å². The van der Waals surface area contributed by atoms with Gasteiger partial charge < -0.3 is 9.32 Å². The van der Waals surface area contributed by atoms with E-state index in [0.29, 0.717) is 24.3 Å². The van der Waals surface area contributed by atoms with Gasteiger partial charge in [0, 0.05) is 43.7 Å². The van der Waals surface area contributed by atoms with E-state index >= 15 is 0 Å². The fourth-order valence-corrected chi connectivity index (χ4v) is 4.91. The zero-order valence-electron chi connectivity index (χ0n) is 17.4. The highest BCUT2D eigenvalue weighted by Crippen LogP contribution is 2.35. The number of nitriles is 1. The molecule has 1 fully saturated rings. The zero-order chi connectivity index (χ0) is 21.9. The number of rotatable bonds is 5. The van der Waals surface area contributed by atoms with Crippen LogP contribution >= 0.6 is 11.3 Å². The van der Waals surface area contributed by atoms with Crippen molar-refractivity contribution < 1.29 is 9.21 Å². The normalized spacial score (nSPS) is 19.1. The highest BCUT2D eigenvalue weighted by molar-refractivity contribution is 7.10. The largest absolute Gasteiger partial charge is 0.463 e. The molecule has 162 valence electrons. The number of thiophene rings is 1. The van der Waals surface area contributed by atoms with E-state index in [-0.39, 0.29) is 11.9 Å². The molecular formula is C23H22N6O2S. The second kappa shape index (κ2) is 8.94. The lowest BCUT2D eigenvalue weighted by molar-refractivity contribution is -0.134. The maximum Gasteiger partial charge on any atom is 0.257 e. The first kappa shape index (κ1) is 20.4. The molecule has 5 heterocycles. The number of amides is 1. The molecule has 32 heavy (non-hydrogen) atoms. The van der Waals surface area contributed by atoms with E-state index in [1.54, 1.807) is 34.9 Å². The van der Waals surface area contributed by atoms with Gasteiger partial charge in [-0.1, -0.05) is 6.07 Å². The van der Waals surface area contributed by atoms with Crippen LogP contribution in [0.15, 0.2) is 63.8 Å². The van der Waals surface area contributed by atoms with Crippen LogP contribution in [0.3, 0.4) is 0 Å². The lowest BCUT2D eigenvalue weighted by atomic mass is 10.1. The van der Waals surface area contributed by atoms with Gasteiger partial charge in [0.15, 0.2) is 0 Å². The molecule has 1 amide bonds. The number of hydrogen-bond donors (Lipinski definition) is 0. The Hall–Kier alpha value is -3.48. The molecule has 0 aliphatic carbocycles. The zero-order valence-corrected chi connectivity index (χ0v) is 18.2. The predicted octanol–water partition coefficient (Wildman–Crippen LogP) is 3.11. The number of furan rings is 1. The lowest BCUT2D eigenvalue weighted by Gasteiger charge is -2.35. The number of pyridine rings is 1. The van der Waals surface area contributed by atoms with E-state index in [0.717, 1.165) is 42.6 Å². The standard InChI is InChI=1S/C23H22N6O2S/c24-15-17-5-6-25-22(13-17)28-9-7-27(8-10-28)16-23(30)29-19(21-4-2-12-32-21)14-18(26-29)20-3-1-11-31-20/h1-6,11-13,19H,7-10,14,16H2. The molecule has 0 saturated carbocycles. The van der Waals surface area contributed by atoms with Crippen molar-refractivity contribution in [2.45, 2.75) is 12.5 Å². The van der Waals surface area contributed by atoms with Crippen molar-refractivity contribution in [1.29, 1.82) is 5.26 Å². The first-order valence-corrected chi connectivity index (χ1v) is 11.4. The highest BCUT2D eigenvalue weighted by atomic mass is 32.1. The highest BCUT2D eigenvalue weighted by Gasteiger charge is 2.35. The third-order valence-corrected chi connectivity index (χ3v) is 6.75. The Bertz CT molecular complexity index is 1140. The molecule has 9 heteroatoms. The maximum absolute atomic E-state index is 13.3. The predicted molar refractivity (Wildman–Crippen MR) is 121 cm³/mol. The summed E-state index contributed by atoms with van der Waals surface area (Å²) in [5.74, 6) is 1.51. The Kier molecular flexibility index (Phi) is 5.71. The quantitative estimate of drug-likeness (QED) is 0.598. The van der Waals surface area contributed by atoms with E-state index in [1.165, 1.54) is 0 Å². The second-order valence-corrected chi connectivity index (χ2v) is 8.75. The Morgan fingerprint density at radius 3 is 2.81 bits per heavy atom. The summed E-state index contributed by atoms with van der Waals surface area (Å²) in [5, 5.41) is 17.4. The minimum atomic E-state index is -0.0955. The van der Waals surface area contributed by atoms with E-state index < -0.39 is 0 Å². The summed E-state index contributed by atoms with van der Waals surface area (Å²) in [5.41, 5.74) is 1.40. The first-order valence-electron chi connectivity index (χ1n) is 10.5. The van der Waals surface area contributed by atoms with Crippen LogP contribution in [0.2, 0.25) is 0 Å². The SMILES string of the molecule is N#Cc1ccnc(N2CCN(CC(=O)N3N=C(c4ccco4)CC3c3cccs3)CC2)c1. The Balaban J connectivity index is 1.25. The molecule has 0 aromatic carbocycles. The molecule has 5 rings (SSSR count). The van der Waals surface area contributed by atoms with Gasteiger partial charge in [-0.25, -0.2) is 9.99 Å². The third-order valence-electron chi connectivity index (χ3n) is 5.77. The number of aromatic nitrogens is 1. The summed E-state index contributed by atoms with van der Waals surface area (Å²) < 4.78 is 5.52. The molecule has 1 unspecified atom stereocenters. The summed E-state index contributed by atoms with van der Waals surface area (Å²) in [6.07, 6.45) is 3.94. The molecule has 1 atom stereocenters.